The number of halogens is 1. The van der Waals surface area contributed by atoms with E-state index in [9.17, 15) is 5.11 Å². The number of phenols is 1. The van der Waals surface area contributed by atoms with Crippen molar-refractivity contribution in [1.82, 2.24) is 10.3 Å². The second kappa shape index (κ2) is 7.58. The van der Waals surface area contributed by atoms with E-state index in [1.54, 1.807) is 27.4 Å². The van der Waals surface area contributed by atoms with E-state index in [0.29, 0.717) is 11.5 Å². The molecule has 6 nitrogen and oxygen atoms in total. The Hall–Kier alpha value is -2.57. The van der Waals surface area contributed by atoms with E-state index >= 15 is 0 Å². The van der Waals surface area contributed by atoms with Gasteiger partial charge in [-0.1, -0.05) is 0 Å². The Morgan fingerprint density at radius 2 is 1.67 bits per heavy atom. The SMILES string of the molecule is COc1cc(OC)c(C2NCCc3c2[nH]c2ccc(O)cc32)cc1OC.Cl. The van der Waals surface area contributed by atoms with Crippen LogP contribution >= 0.6 is 12.4 Å². The fourth-order valence-corrected chi connectivity index (χ4v) is 3.76. The van der Waals surface area contributed by atoms with Crippen molar-refractivity contribution < 1.29 is 19.3 Å². The molecular formula is C20H23ClN2O4. The van der Waals surface area contributed by atoms with Gasteiger partial charge >= 0.3 is 0 Å². The molecule has 3 N–H and O–H groups in total. The van der Waals surface area contributed by atoms with Gasteiger partial charge in [0.25, 0.3) is 0 Å². The number of hydrogen-bond donors (Lipinski definition) is 3. The highest BCUT2D eigenvalue weighted by Gasteiger charge is 2.28. The summed E-state index contributed by atoms with van der Waals surface area (Å²) in [5.41, 5.74) is 4.29. The molecule has 1 atom stereocenters. The molecule has 1 aliphatic rings. The molecule has 4 rings (SSSR count). The molecule has 144 valence electrons. The molecular weight excluding hydrogens is 368 g/mol. The zero-order chi connectivity index (χ0) is 18.3. The summed E-state index contributed by atoms with van der Waals surface area (Å²) in [7, 11) is 4.88. The highest BCUT2D eigenvalue weighted by molar-refractivity contribution is 5.86. The van der Waals surface area contributed by atoms with Gasteiger partial charge in [0.15, 0.2) is 11.5 Å². The first-order chi connectivity index (χ1) is 12.7. The number of aromatic amines is 1. The van der Waals surface area contributed by atoms with Crippen LogP contribution in [0.4, 0.5) is 0 Å². The van der Waals surface area contributed by atoms with Crippen molar-refractivity contribution >= 4 is 23.3 Å². The number of methoxy groups -OCH3 is 3. The van der Waals surface area contributed by atoms with Crippen LogP contribution in [0.2, 0.25) is 0 Å². The summed E-state index contributed by atoms with van der Waals surface area (Å²) in [6.45, 7) is 0.831. The second-order valence-electron chi connectivity index (χ2n) is 6.33. The van der Waals surface area contributed by atoms with Crippen molar-refractivity contribution in [3.63, 3.8) is 0 Å². The van der Waals surface area contributed by atoms with Crippen LogP contribution in [0.3, 0.4) is 0 Å². The van der Waals surface area contributed by atoms with E-state index in [4.69, 9.17) is 14.2 Å². The van der Waals surface area contributed by atoms with Crippen LogP contribution in [0.15, 0.2) is 30.3 Å². The van der Waals surface area contributed by atoms with E-state index in [2.05, 4.69) is 10.3 Å². The van der Waals surface area contributed by atoms with Crippen molar-refractivity contribution in [2.75, 3.05) is 27.9 Å². The van der Waals surface area contributed by atoms with Gasteiger partial charge in [-0.25, -0.2) is 0 Å². The van der Waals surface area contributed by atoms with Crippen molar-refractivity contribution in [3.05, 3.63) is 47.2 Å². The zero-order valence-corrected chi connectivity index (χ0v) is 16.3. The number of phenolic OH excluding ortho intramolecular Hbond substituents is 1. The summed E-state index contributed by atoms with van der Waals surface area (Å²) in [4.78, 5) is 3.51. The highest BCUT2D eigenvalue weighted by Crippen LogP contribution is 2.42. The normalized spacial score (nSPS) is 15.7. The largest absolute Gasteiger partial charge is 0.508 e. The fraction of sp³-hybridized carbons (Fsp3) is 0.300. The molecule has 0 bridgehead atoms. The standard InChI is InChI=1S/C20H22N2O4.ClH/c1-24-16-10-18(26-3)17(25-2)9-14(16)19-20-12(6-7-21-19)13-8-11(23)4-5-15(13)22-20;/h4-5,8-10,19,21-23H,6-7H2,1-3H3;1H. The lowest BCUT2D eigenvalue weighted by atomic mass is 9.93. The topological polar surface area (TPSA) is 75.7 Å². The molecule has 0 saturated carbocycles. The molecule has 0 amide bonds. The minimum Gasteiger partial charge on any atom is -0.508 e. The Morgan fingerprint density at radius 3 is 2.37 bits per heavy atom. The maximum Gasteiger partial charge on any atom is 0.164 e. The van der Waals surface area contributed by atoms with Crippen molar-refractivity contribution in [2.45, 2.75) is 12.5 Å². The molecule has 1 aromatic heterocycles. The fourth-order valence-electron chi connectivity index (χ4n) is 3.76. The number of aromatic nitrogens is 1. The first kappa shape index (κ1) is 19.2. The molecule has 0 saturated heterocycles. The average molecular weight is 391 g/mol. The molecule has 27 heavy (non-hydrogen) atoms. The quantitative estimate of drug-likeness (QED) is 0.635. The third kappa shape index (κ3) is 3.15. The third-order valence-corrected chi connectivity index (χ3v) is 4.98. The maximum atomic E-state index is 9.86. The third-order valence-electron chi connectivity index (χ3n) is 4.98. The lowest BCUT2D eigenvalue weighted by molar-refractivity contribution is 0.345. The Morgan fingerprint density at radius 1 is 0.963 bits per heavy atom. The van der Waals surface area contributed by atoms with Crippen LogP contribution in [-0.4, -0.2) is 38.0 Å². The molecule has 2 aromatic carbocycles. The molecule has 2 heterocycles. The van der Waals surface area contributed by atoms with E-state index in [1.807, 2.05) is 24.3 Å². The Labute approximate surface area is 163 Å². The number of nitrogens with one attached hydrogen (secondary N) is 2. The summed E-state index contributed by atoms with van der Waals surface area (Å²) in [5.74, 6) is 2.30. The lowest BCUT2D eigenvalue weighted by Crippen LogP contribution is -2.30. The van der Waals surface area contributed by atoms with Gasteiger partial charge in [-0.05, 0) is 36.2 Å². The van der Waals surface area contributed by atoms with E-state index in [0.717, 1.165) is 40.9 Å². The molecule has 1 unspecified atom stereocenters. The van der Waals surface area contributed by atoms with Crippen molar-refractivity contribution in [2.24, 2.45) is 0 Å². The van der Waals surface area contributed by atoms with Gasteiger partial charge in [-0.3, -0.25) is 0 Å². The Balaban J connectivity index is 0.00000210. The van der Waals surface area contributed by atoms with Crippen LogP contribution in [-0.2, 0) is 6.42 Å². The van der Waals surface area contributed by atoms with E-state index in [1.165, 1.54) is 5.56 Å². The minimum absolute atomic E-state index is 0. The van der Waals surface area contributed by atoms with Gasteiger partial charge in [0, 0.05) is 34.8 Å². The maximum absolute atomic E-state index is 9.86. The summed E-state index contributed by atoms with van der Waals surface area (Å²) in [6, 6.07) is 9.16. The van der Waals surface area contributed by atoms with Crippen LogP contribution in [0, 0.1) is 0 Å². The predicted molar refractivity (Wildman–Crippen MR) is 107 cm³/mol. The summed E-state index contributed by atoms with van der Waals surface area (Å²) < 4.78 is 16.5. The Bertz CT molecular complexity index is 970. The molecule has 0 aliphatic carbocycles. The smallest absolute Gasteiger partial charge is 0.164 e. The molecule has 0 spiro atoms. The number of rotatable bonds is 4. The van der Waals surface area contributed by atoms with Crippen LogP contribution in [0.25, 0.3) is 10.9 Å². The zero-order valence-electron chi connectivity index (χ0n) is 15.5. The number of aromatic hydroxyl groups is 1. The molecule has 7 heteroatoms. The second-order valence-corrected chi connectivity index (χ2v) is 6.33. The van der Waals surface area contributed by atoms with E-state index in [-0.39, 0.29) is 24.2 Å². The van der Waals surface area contributed by atoms with Gasteiger partial charge in [0.2, 0.25) is 0 Å². The van der Waals surface area contributed by atoms with Gasteiger partial charge in [-0.15, -0.1) is 12.4 Å². The van der Waals surface area contributed by atoms with Crippen LogP contribution in [0.1, 0.15) is 22.9 Å². The summed E-state index contributed by atoms with van der Waals surface area (Å²) in [5, 5.41) is 14.5. The van der Waals surface area contributed by atoms with Crippen LogP contribution < -0.4 is 19.5 Å². The molecule has 0 fully saturated rings. The number of ether oxygens (including phenoxy) is 3. The van der Waals surface area contributed by atoms with Crippen molar-refractivity contribution in [1.29, 1.82) is 0 Å². The number of benzene rings is 2. The molecule has 1 aliphatic heterocycles. The van der Waals surface area contributed by atoms with Gasteiger partial charge in [0.05, 0.1) is 27.4 Å². The summed E-state index contributed by atoms with van der Waals surface area (Å²) in [6.07, 6.45) is 0.894. The lowest BCUT2D eigenvalue weighted by Gasteiger charge is -2.27. The first-order valence-electron chi connectivity index (χ1n) is 8.53. The van der Waals surface area contributed by atoms with Crippen LogP contribution in [0.5, 0.6) is 23.0 Å². The number of hydrogen-bond acceptors (Lipinski definition) is 5. The number of fused-ring (bicyclic) bond motifs is 3. The monoisotopic (exact) mass is 390 g/mol. The van der Waals surface area contributed by atoms with Gasteiger partial charge in [-0.2, -0.15) is 0 Å². The number of H-pyrrole nitrogens is 1. The minimum atomic E-state index is -0.0666. The summed E-state index contributed by atoms with van der Waals surface area (Å²) >= 11 is 0. The molecule has 0 radical (unpaired) electrons. The predicted octanol–water partition coefficient (Wildman–Crippen LogP) is 3.56. The molecule has 3 aromatic rings. The Kier molecular flexibility index (Phi) is 5.39. The first-order valence-corrected chi connectivity index (χ1v) is 8.53. The average Bonchev–Trinajstić information content (AvgIpc) is 3.04. The highest BCUT2D eigenvalue weighted by atomic mass is 35.5. The van der Waals surface area contributed by atoms with Gasteiger partial charge < -0.3 is 29.6 Å². The van der Waals surface area contributed by atoms with E-state index < -0.39 is 0 Å². The van der Waals surface area contributed by atoms with Crippen molar-refractivity contribution in [3.8, 4) is 23.0 Å². The van der Waals surface area contributed by atoms with Gasteiger partial charge in [0.1, 0.15) is 11.5 Å².